The summed E-state index contributed by atoms with van der Waals surface area (Å²) in [7, 11) is 0. The van der Waals surface area contributed by atoms with Gasteiger partial charge in [-0.3, -0.25) is 0 Å². The fraction of sp³-hybridized carbons (Fsp3) is 0.333. The summed E-state index contributed by atoms with van der Waals surface area (Å²) in [4.78, 5) is 4.55. The molecule has 0 fully saturated rings. The molecule has 26 heavy (non-hydrogen) atoms. The largest absolute Gasteiger partial charge is 0.476 e. The van der Waals surface area contributed by atoms with E-state index < -0.39 is 0 Å². The van der Waals surface area contributed by atoms with Gasteiger partial charge in [-0.25, -0.2) is 4.98 Å². The Balaban J connectivity index is 1.90. The Morgan fingerprint density at radius 3 is 2.58 bits per heavy atom. The van der Waals surface area contributed by atoms with Gasteiger partial charge in [0.25, 0.3) is 0 Å². The maximum Gasteiger partial charge on any atom is 0.237 e. The van der Waals surface area contributed by atoms with Crippen molar-refractivity contribution in [1.82, 2.24) is 10.1 Å². The lowest BCUT2D eigenvalue weighted by molar-refractivity contribution is 0.262. The normalized spacial score (nSPS) is 11.0. The molecule has 0 aliphatic rings. The van der Waals surface area contributed by atoms with Crippen LogP contribution in [0, 0.1) is 19.8 Å². The van der Waals surface area contributed by atoms with Crippen LogP contribution in [-0.2, 0) is 6.54 Å². The molecular weight excluding hydrogens is 326 g/mol. The van der Waals surface area contributed by atoms with E-state index in [4.69, 9.17) is 9.26 Å². The number of nitrogens with zero attached hydrogens (tertiary/aromatic N) is 2. The second-order valence-electron chi connectivity index (χ2n) is 6.82. The molecule has 0 spiro atoms. The number of benzene rings is 1. The van der Waals surface area contributed by atoms with Crippen molar-refractivity contribution < 1.29 is 9.26 Å². The molecule has 0 amide bonds. The maximum absolute atomic E-state index is 5.91. The Labute approximate surface area is 154 Å². The van der Waals surface area contributed by atoms with Crippen molar-refractivity contribution in [2.24, 2.45) is 5.92 Å². The van der Waals surface area contributed by atoms with Crippen molar-refractivity contribution in [2.45, 2.75) is 34.2 Å². The Morgan fingerprint density at radius 2 is 1.92 bits per heavy atom. The van der Waals surface area contributed by atoms with Crippen molar-refractivity contribution in [3.63, 3.8) is 0 Å². The summed E-state index contributed by atoms with van der Waals surface area (Å²) >= 11 is 0. The lowest BCUT2D eigenvalue weighted by Gasteiger charge is -2.15. The van der Waals surface area contributed by atoms with Gasteiger partial charge in [0, 0.05) is 23.9 Å². The van der Waals surface area contributed by atoms with Gasteiger partial charge in [-0.15, -0.1) is 0 Å². The highest BCUT2D eigenvalue weighted by molar-refractivity contribution is 5.72. The number of aryl methyl sites for hydroxylation is 2. The van der Waals surface area contributed by atoms with Gasteiger partial charge in [0.05, 0.1) is 18.0 Å². The molecule has 3 rings (SSSR count). The predicted molar refractivity (Wildman–Crippen MR) is 103 cm³/mol. The van der Waals surface area contributed by atoms with Crippen molar-refractivity contribution >= 4 is 5.69 Å². The zero-order valence-corrected chi connectivity index (χ0v) is 15.7. The van der Waals surface area contributed by atoms with Crippen LogP contribution in [0.4, 0.5) is 5.69 Å². The molecule has 0 atom stereocenters. The molecule has 0 bridgehead atoms. The van der Waals surface area contributed by atoms with E-state index >= 15 is 0 Å². The predicted octanol–water partition coefficient (Wildman–Crippen LogP) is 5.00. The third-order valence-corrected chi connectivity index (χ3v) is 4.05. The van der Waals surface area contributed by atoms with E-state index in [9.17, 15) is 0 Å². The first-order valence-corrected chi connectivity index (χ1v) is 8.88. The van der Waals surface area contributed by atoms with E-state index in [-0.39, 0.29) is 0 Å². The molecule has 2 aromatic heterocycles. The Hall–Kier alpha value is -2.82. The summed E-state index contributed by atoms with van der Waals surface area (Å²) in [5, 5.41) is 7.50. The van der Waals surface area contributed by atoms with Crippen LogP contribution in [0.5, 0.6) is 5.88 Å². The van der Waals surface area contributed by atoms with Gasteiger partial charge in [-0.05, 0) is 31.4 Å². The van der Waals surface area contributed by atoms with Gasteiger partial charge in [0.1, 0.15) is 5.76 Å². The summed E-state index contributed by atoms with van der Waals surface area (Å²) in [5.41, 5.74) is 4.87. The average Bonchev–Trinajstić information content (AvgIpc) is 2.98. The number of nitrogens with one attached hydrogen (secondary N) is 1. The lowest BCUT2D eigenvalue weighted by atomic mass is 10.1. The van der Waals surface area contributed by atoms with E-state index in [1.807, 2.05) is 38.2 Å². The van der Waals surface area contributed by atoms with Crippen LogP contribution in [0.3, 0.4) is 0 Å². The maximum atomic E-state index is 5.91. The van der Waals surface area contributed by atoms with Gasteiger partial charge in [0.2, 0.25) is 5.88 Å². The molecule has 5 nitrogen and oxygen atoms in total. The fourth-order valence-corrected chi connectivity index (χ4v) is 2.76. The highest BCUT2D eigenvalue weighted by Gasteiger charge is 2.15. The van der Waals surface area contributed by atoms with E-state index in [1.165, 1.54) is 5.56 Å². The topological polar surface area (TPSA) is 60.2 Å². The molecule has 0 saturated heterocycles. The summed E-state index contributed by atoms with van der Waals surface area (Å²) in [6, 6.07) is 12.3. The minimum atomic E-state index is 0.431. The molecular formula is C21H25N3O2. The smallest absolute Gasteiger partial charge is 0.237 e. The van der Waals surface area contributed by atoms with Crippen LogP contribution in [0.15, 0.2) is 47.1 Å². The van der Waals surface area contributed by atoms with Crippen LogP contribution in [-0.4, -0.2) is 16.7 Å². The highest BCUT2D eigenvalue weighted by Crippen LogP contribution is 2.32. The number of aromatic nitrogens is 2. The van der Waals surface area contributed by atoms with Gasteiger partial charge in [-0.1, -0.05) is 49.3 Å². The number of rotatable bonds is 7. The van der Waals surface area contributed by atoms with Crippen molar-refractivity contribution in [1.29, 1.82) is 0 Å². The van der Waals surface area contributed by atoms with E-state index in [1.54, 1.807) is 0 Å². The number of pyridine rings is 1. The molecule has 3 aromatic rings. The molecule has 1 aromatic carbocycles. The third-order valence-electron chi connectivity index (χ3n) is 4.05. The van der Waals surface area contributed by atoms with Gasteiger partial charge in [0.15, 0.2) is 0 Å². The zero-order chi connectivity index (χ0) is 18.5. The Kier molecular flexibility index (Phi) is 5.56. The van der Waals surface area contributed by atoms with Crippen LogP contribution >= 0.6 is 0 Å². The van der Waals surface area contributed by atoms with Gasteiger partial charge >= 0.3 is 0 Å². The first-order chi connectivity index (χ1) is 12.5. The summed E-state index contributed by atoms with van der Waals surface area (Å²) in [6.45, 7) is 9.41. The second-order valence-corrected chi connectivity index (χ2v) is 6.82. The van der Waals surface area contributed by atoms with Crippen LogP contribution in [0.1, 0.15) is 30.9 Å². The fourth-order valence-electron chi connectivity index (χ4n) is 2.76. The summed E-state index contributed by atoms with van der Waals surface area (Å²) < 4.78 is 11.2. The quantitative estimate of drug-likeness (QED) is 0.649. The van der Waals surface area contributed by atoms with Gasteiger partial charge < -0.3 is 14.6 Å². The molecule has 136 valence electrons. The van der Waals surface area contributed by atoms with Crippen molar-refractivity contribution in [3.05, 3.63) is 59.6 Å². The SMILES string of the molecule is Cc1noc(C)c1-c1cnc(OCC(C)C)c(NCc2ccccc2)c1. The lowest BCUT2D eigenvalue weighted by Crippen LogP contribution is -2.09. The molecule has 0 aliphatic carbocycles. The van der Waals surface area contributed by atoms with Gasteiger partial charge in [-0.2, -0.15) is 0 Å². The molecule has 0 aliphatic heterocycles. The molecule has 0 saturated carbocycles. The number of hydrogen-bond donors (Lipinski definition) is 1. The van der Waals surface area contributed by atoms with Crippen LogP contribution in [0.2, 0.25) is 0 Å². The molecule has 1 N–H and O–H groups in total. The van der Waals surface area contributed by atoms with Crippen molar-refractivity contribution in [3.8, 4) is 17.0 Å². The zero-order valence-electron chi connectivity index (χ0n) is 15.7. The highest BCUT2D eigenvalue weighted by atomic mass is 16.5. The number of anilines is 1. The van der Waals surface area contributed by atoms with E-state index in [2.05, 4.69) is 47.5 Å². The van der Waals surface area contributed by atoms with E-state index in [0.717, 1.165) is 28.3 Å². The first-order valence-electron chi connectivity index (χ1n) is 8.88. The molecule has 0 unspecified atom stereocenters. The Bertz CT molecular complexity index is 837. The van der Waals surface area contributed by atoms with Crippen LogP contribution in [0.25, 0.3) is 11.1 Å². The standard InChI is InChI=1S/C21H25N3O2/c1-14(2)13-25-21-19(22-11-17-8-6-5-7-9-17)10-18(12-23-21)20-15(3)24-26-16(20)4/h5-10,12,14,22H,11,13H2,1-4H3. The van der Waals surface area contributed by atoms with E-state index in [0.29, 0.717) is 24.9 Å². The monoisotopic (exact) mass is 351 g/mol. The Morgan fingerprint density at radius 1 is 1.15 bits per heavy atom. The molecule has 5 heteroatoms. The first kappa shape index (κ1) is 18.0. The molecule has 2 heterocycles. The minimum absolute atomic E-state index is 0.431. The average molecular weight is 351 g/mol. The summed E-state index contributed by atoms with van der Waals surface area (Å²) in [5.74, 6) is 1.83. The van der Waals surface area contributed by atoms with Crippen LogP contribution < -0.4 is 10.1 Å². The number of hydrogen-bond acceptors (Lipinski definition) is 5. The van der Waals surface area contributed by atoms with Crippen molar-refractivity contribution in [2.75, 3.05) is 11.9 Å². The summed E-state index contributed by atoms with van der Waals surface area (Å²) in [6.07, 6.45) is 1.82. The second kappa shape index (κ2) is 8.04. The third kappa shape index (κ3) is 4.23. The molecule has 0 radical (unpaired) electrons. The minimum Gasteiger partial charge on any atom is -0.476 e. The number of ether oxygens (including phenoxy) is 1.